The molecule has 3 nitrogen and oxygen atoms in total. The molecule has 2 rings (SSSR count). The highest BCUT2D eigenvalue weighted by Gasteiger charge is 2.17. The molecule has 112 valence electrons. The minimum atomic E-state index is -0.303. The molecule has 0 saturated carbocycles. The van der Waals surface area contributed by atoms with Crippen LogP contribution in [-0.2, 0) is 0 Å². The van der Waals surface area contributed by atoms with E-state index in [-0.39, 0.29) is 17.6 Å². The molecular formula is C17H20FNO2. The van der Waals surface area contributed by atoms with Gasteiger partial charge in [0, 0.05) is 5.69 Å². The van der Waals surface area contributed by atoms with Gasteiger partial charge >= 0.3 is 0 Å². The Morgan fingerprint density at radius 3 is 2.57 bits per heavy atom. The predicted molar refractivity (Wildman–Crippen MR) is 82.6 cm³/mol. The minimum absolute atomic E-state index is 0.258. The van der Waals surface area contributed by atoms with Crippen molar-refractivity contribution < 1.29 is 14.2 Å². The van der Waals surface area contributed by atoms with Gasteiger partial charge in [-0.3, -0.25) is 0 Å². The van der Waals surface area contributed by atoms with Crippen LogP contribution in [0.2, 0.25) is 0 Å². The molecule has 4 heteroatoms. The van der Waals surface area contributed by atoms with Gasteiger partial charge < -0.3 is 15.2 Å². The van der Waals surface area contributed by atoms with E-state index in [0.717, 1.165) is 16.8 Å². The molecular weight excluding hydrogens is 269 g/mol. The Labute approximate surface area is 124 Å². The molecule has 0 amide bonds. The summed E-state index contributed by atoms with van der Waals surface area (Å²) in [6.07, 6.45) is 0. The van der Waals surface area contributed by atoms with E-state index in [9.17, 15) is 9.50 Å². The summed E-state index contributed by atoms with van der Waals surface area (Å²) in [4.78, 5) is 0. The third-order valence-electron chi connectivity index (χ3n) is 3.58. The van der Waals surface area contributed by atoms with E-state index in [1.807, 2.05) is 26.8 Å². The number of phenolic OH excluding ortho intramolecular Hbond substituents is 1. The van der Waals surface area contributed by atoms with E-state index < -0.39 is 0 Å². The first-order chi connectivity index (χ1) is 9.93. The summed E-state index contributed by atoms with van der Waals surface area (Å²) in [5.41, 5.74) is 3.03. The van der Waals surface area contributed by atoms with E-state index in [1.54, 1.807) is 18.2 Å². The van der Waals surface area contributed by atoms with Crippen LogP contribution in [0.15, 0.2) is 30.3 Å². The predicted octanol–water partition coefficient (Wildman–Crippen LogP) is 4.33. The number of methoxy groups -OCH3 is 1. The molecule has 2 aromatic rings. The lowest BCUT2D eigenvalue weighted by atomic mass is 10.0. The number of hydrogen-bond donors (Lipinski definition) is 2. The maximum atomic E-state index is 14.1. The van der Waals surface area contributed by atoms with Crippen molar-refractivity contribution in [2.75, 3.05) is 12.4 Å². The summed E-state index contributed by atoms with van der Waals surface area (Å²) in [6, 6.07) is 8.08. The zero-order valence-electron chi connectivity index (χ0n) is 12.7. The molecule has 2 N–H and O–H groups in total. The van der Waals surface area contributed by atoms with Crippen molar-refractivity contribution in [2.45, 2.75) is 26.8 Å². The maximum absolute atomic E-state index is 14.1. The summed E-state index contributed by atoms with van der Waals surface area (Å²) in [7, 11) is 1.53. The molecule has 0 saturated heterocycles. The van der Waals surface area contributed by atoms with Gasteiger partial charge in [0.1, 0.15) is 17.3 Å². The largest absolute Gasteiger partial charge is 0.508 e. The Hall–Kier alpha value is -2.23. The molecule has 0 aliphatic carbocycles. The van der Waals surface area contributed by atoms with Crippen molar-refractivity contribution in [2.24, 2.45) is 0 Å². The van der Waals surface area contributed by atoms with Crippen LogP contribution in [0.4, 0.5) is 10.1 Å². The van der Waals surface area contributed by atoms with Gasteiger partial charge in [-0.1, -0.05) is 6.07 Å². The Morgan fingerprint density at radius 2 is 1.90 bits per heavy atom. The number of hydrogen-bond acceptors (Lipinski definition) is 3. The van der Waals surface area contributed by atoms with Crippen LogP contribution in [0, 0.1) is 19.7 Å². The molecule has 0 heterocycles. The summed E-state index contributed by atoms with van der Waals surface area (Å²) < 4.78 is 19.3. The highest BCUT2D eigenvalue weighted by molar-refractivity contribution is 5.58. The second kappa shape index (κ2) is 6.04. The fourth-order valence-corrected chi connectivity index (χ4v) is 2.38. The van der Waals surface area contributed by atoms with Gasteiger partial charge in [0.25, 0.3) is 0 Å². The van der Waals surface area contributed by atoms with E-state index in [0.29, 0.717) is 11.3 Å². The fourth-order valence-electron chi connectivity index (χ4n) is 2.38. The quantitative estimate of drug-likeness (QED) is 0.823. The molecule has 2 aromatic carbocycles. The van der Waals surface area contributed by atoms with Crippen LogP contribution in [0.3, 0.4) is 0 Å². The third kappa shape index (κ3) is 3.10. The summed E-state index contributed by atoms with van der Waals surface area (Å²) in [6.45, 7) is 5.60. The highest BCUT2D eigenvalue weighted by atomic mass is 19.1. The van der Waals surface area contributed by atoms with E-state index in [2.05, 4.69) is 5.32 Å². The van der Waals surface area contributed by atoms with E-state index in [4.69, 9.17) is 4.74 Å². The van der Waals surface area contributed by atoms with Crippen LogP contribution in [0.1, 0.15) is 29.7 Å². The van der Waals surface area contributed by atoms with Gasteiger partial charge in [-0.2, -0.15) is 0 Å². The molecule has 0 aliphatic heterocycles. The van der Waals surface area contributed by atoms with E-state index >= 15 is 0 Å². The van der Waals surface area contributed by atoms with Gasteiger partial charge in [0.15, 0.2) is 0 Å². The second-order valence-corrected chi connectivity index (χ2v) is 5.18. The van der Waals surface area contributed by atoms with Crippen molar-refractivity contribution >= 4 is 5.69 Å². The average molecular weight is 289 g/mol. The van der Waals surface area contributed by atoms with Crippen LogP contribution >= 0.6 is 0 Å². The average Bonchev–Trinajstić information content (AvgIpc) is 2.44. The molecule has 0 radical (unpaired) electrons. The second-order valence-electron chi connectivity index (χ2n) is 5.18. The topological polar surface area (TPSA) is 41.5 Å². The first-order valence-corrected chi connectivity index (χ1v) is 6.83. The summed E-state index contributed by atoms with van der Waals surface area (Å²) in [5.74, 6) is 0.472. The number of ether oxygens (including phenoxy) is 1. The number of phenols is 1. The SMILES string of the molecule is COc1cccc(F)c1C(C)Nc1cc(C)c(O)cc1C. The van der Waals surface area contributed by atoms with Crippen molar-refractivity contribution in [3.8, 4) is 11.5 Å². The van der Waals surface area contributed by atoms with Gasteiger partial charge in [-0.25, -0.2) is 4.39 Å². The van der Waals surface area contributed by atoms with Gasteiger partial charge in [-0.05, 0) is 56.2 Å². The Kier molecular flexibility index (Phi) is 4.36. The molecule has 1 atom stereocenters. The number of aryl methyl sites for hydroxylation is 2. The lowest BCUT2D eigenvalue weighted by Crippen LogP contribution is -2.11. The minimum Gasteiger partial charge on any atom is -0.508 e. The number of nitrogens with one attached hydrogen (secondary N) is 1. The third-order valence-corrected chi connectivity index (χ3v) is 3.58. The van der Waals surface area contributed by atoms with Crippen LogP contribution < -0.4 is 10.1 Å². The van der Waals surface area contributed by atoms with E-state index in [1.165, 1.54) is 13.2 Å². The molecule has 21 heavy (non-hydrogen) atoms. The van der Waals surface area contributed by atoms with Gasteiger partial charge in [0.2, 0.25) is 0 Å². The van der Waals surface area contributed by atoms with Crippen molar-refractivity contribution in [3.05, 3.63) is 52.8 Å². The van der Waals surface area contributed by atoms with Crippen LogP contribution in [0.5, 0.6) is 11.5 Å². The summed E-state index contributed by atoms with van der Waals surface area (Å²) in [5, 5.41) is 13.0. The van der Waals surface area contributed by atoms with Crippen molar-refractivity contribution in [3.63, 3.8) is 0 Å². The number of benzene rings is 2. The van der Waals surface area contributed by atoms with Crippen LogP contribution in [0.25, 0.3) is 0 Å². The zero-order valence-corrected chi connectivity index (χ0v) is 12.7. The van der Waals surface area contributed by atoms with Crippen molar-refractivity contribution in [1.82, 2.24) is 0 Å². The number of aromatic hydroxyl groups is 1. The number of anilines is 1. The Balaban J connectivity index is 2.35. The lowest BCUT2D eigenvalue weighted by molar-refractivity contribution is 0.402. The molecule has 0 spiro atoms. The molecule has 0 aliphatic rings. The fraction of sp³-hybridized carbons (Fsp3) is 0.294. The highest BCUT2D eigenvalue weighted by Crippen LogP contribution is 2.32. The molecule has 0 aromatic heterocycles. The summed E-state index contributed by atoms with van der Waals surface area (Å²) >= 11 is 0. The van der Waals surface area contributed by atoms with Crippen molar-refractivity contribution in [1.29, 1.82) is 0 Å². The van der Waals surface area contributed by atoms with Crippen LogP contribution in [-0.4, -0.2) is 12.2 Å². The normalized spacial score (nSPS) is 12.0. The standard InChI is InChI=1S/C17H20FNO2/c1-10-9-15(20)11(2)8-14(10)19-12(3)17-13(18)6-5-7-16(17)21-4/h5-9,12,19-20H,1-4H3. The molecule has 1 unspecified atom stereocenters. The molecule has 0 fully saturated rings. The molecule has 0 bridgehead atoms. The first kappa shape index (κ1) is 15.2. The zero-order chi connectivity index (χ0) is 15.6. The maximum Gasteiger partial charge on any atom is 0.132 e. The first-order valence-electron chi connectivity index (χ1n) is 6.83. The smallest absolute Gasteiger partial charge is 0.132 e. The Bertz CT molecular complexity index is 655. The Morgan fingerprint density at radius 1 is 1.19 bits per heavy atom. The number of halogens is 1. The monoisotopic (exact) mass is 289 g/mol. The van der Waals surface area contributed by atoms with Gasteiger partial charge in [-0.15, -0.1) is 0 Å². The number of rotatable bonds is 4. The lowest BCUT2D eigenvalue weighted by Gasteiger charge is -2.21. The van der Waals surface area contributed by atoms with Gasteiger partial charge in [0.05, 0.1) is 18.7 Å².